The van der Waals surface area contributed by atoms with Gasteiger partial charge < -0.3 is 15.3 Å². The highest BCUT2D eigenvalue weighted by molar-refractivity contribution is 5.86. The summed E-state index contributed by atoms with van der Waals surface area (Å²) < 4.78 is 0. The minimum Gasteiger partial charge on any atom is -0.465 e. The molecule has 0 aliphatic heterocycles. The first-order valence-electron chi connectivity index (χ1n) is 5.73. The summed E-state index contributed by atoms with van der Waals surface area (Å²) in [5, 5.41) is 11.0. The number of hydrogen-bond donors (Lipinski definition) is 2. The second kappa shape index (κ2) is 6.22. The first kappa shape index (κ1) is 13.5. The summed E-state index contributed by atoms with van der Waals surface area (Å²) in [5.41, 5.74) is 0. The van der Waals surface area contributed by atoms with E-state index in [-0.39, 0.29) is 17.9 Å². The van der Waals surface area contributed by atoms with Crippen molar-refractivity contribution in [1.82, 2.24) is 10.2 Å². The second-order valence-corrected chi connectivity index (χ2v) is 4.54. The minimum atomic E-state index is -0.995. The molecule has 6 nitrogen and oxygen atoms in total. The molecular weight excluding hydrogens is 222 g/mol. The Kier molecular flexibility index (Phi) is 4.93. The van der Waals surface area contributed by atoms with E-state index in [9.17, 15) is 9.59 Å². The molecule has 2 N–H and O–H groups in total. The van der Waals surface area contributed by atoms with Crippen molar-refractivity contribution in [2.45, 2.75) is 31.7 Å². The van der Waals surface area contributed by atoms with Crippen LogP contribution in [0.25, 0.3) is 0 Å². The maximum absolute atomic E-state index is 11.7. The smallest absolute Gasteiger partial charge is 0.404 e. The van der Waals surface area contributed by atoms with Gasteiger partial charge in [0.1, 0.15) is 0 Å². The molecule has 0 radical (unpaired) electrons. The Balaban J connectivity index is 2.36. The molecule has 1 rings (SSSR count). The molecule has 0 heterocycles. The second-order valence-electron chi connectivity index (χ2n) is 4.54. The van der Waals surface area contributed by atoms with E-state index in [1.54, 1.807) is 4.90 Å². The highest BCUT2D eigenvalue weighted by Crippen LogP contribution is 2.25. The van der Waals surface area contributed by atoms with Crippen LogP contribution in [0.4, 0.5) is 4.79 Å². The van der Waals surface area contributed by atoms with Gasteiger partial charge >= 0.3 is 6.09 Å². The number of nitrogens with one attached hydrogen (secondary N) is 1. The van der Waals surface area contributed by atoms with Crippen LogP contribution in [-0.4, -0.2) is 48.5 Å². The lowest BCUT2D eigenvalue weighted by Crippen LogP contribution is -2.37. The summed E-state index contributed by atoms with van der Waals surface area (Å²) in [4.78, 5) is 27.7. The molecule has 0 aromatic heterocycles. The van der Waals surface area contributed by atoms with Gasteiger partial charge in [-0.15, -0.1) is 0 Å². The van der Waals surface area contributed by atoms with E-state index in [0.29, 0.717) is 25.7 Å². The van der Waals surface area contributed by atoms with E-state index < -0.39 is 6.09 Å². The first-order chi connectivity index (χ1) is 7.99. The van der Waals surface area contributed by atoms with Gasteiger partial charge in [0.25, 0.3) is 0 Å². The van der Waals surface area contributed by atoms with E-state index in [4.69, 9.17) is 5.11 Å². The largest absolute Gasteiger partial charge is 0.465 e. The molecule has 0 bridgehead atoms. The van der Waals surface area contributed by atoms with Crippen molar-refractivity contribution >= 4 is 18.3 Å². The van der Waals surface area contributed by atoms with Crippen molar-refractivity contribution in [2.75, 3.05) is 14.1 Å². The van der Waals surface area contributed by atoms with Gasteiger partial charge in [-0.1, -0.05) is 0 Å². The molecule has 0 aromatic rings. The fourth-order valence-corrected chi connectivity index (χ4v) is 1.94. The van der Waals surface area contributed by atoms with Crippen molar-refractivity contribution in [3.05, 3.63) is 0 Å². The van der Waals surface area contributed by atoms with E-state index >= 15 is 0 Å². The van der Waals surface area contributed by atoms with Crippen LogP contribution in [0, 0.1) is 5.92 Å². The summed E-state index contributed by atoms with van der Waals surface area (Å²) in [6, 6.07) is -0.0191. The highest BCUT2D eigenvalue weighted by atomic mass is 16.4. The first-order valence-corrected chi connectivity index (χ1v) is 5.73. The van der Waals surface area contributed by atoms with Crippen molar-refractivity contribution < 1.29 is 14.7 Å². The molecule has 17 heavy (non-hydrogen) atoms. The van der Waals surface area contributed by atoms with E-state index in [0.717, 1.165) is 0 Å². The molecule has 1 aliphatic carbocycles. The Bertz CT molecular complexity index is 307. The van der Waals surface area contributed by atoms with Gasteiger partial charge in [-0.05, 0) is 25.7 Å². The van der Waals surface area contributed by atoms with Crippen LogP contribution in [0.2, 0.25) is 0 Å². The van der Waals surface area contributed by atoms with Gasteiger partial charge in [-0.3, -0.25) is 4.79 Å². The summed E-state index contributed by atoms with van der Waals surface area (Å²) in [6.45, 7) is 0. The van der Waals surface area contributed by atoms with Gasteiger partial charge in [0.2, 0.25) is 5.91 Å². The zero-order valence-electron chi connectivity index (χ0n) is 10.2. The van der Waals surface area contributed by atoms with Crippen LogP contribution in [0.5, 0.6) is 0 Å². The fraction of sp³-hybridized carbons (Fsp3) is 0.727. The van der Waals surface area contributed by atoms with Gasteiger partial charge in [0, 0.05) is 26.1 Å². The zero-order valence-corrected chi connectivity index (χ0v) is 10.2. The van der Waals surface area contributed by atoms with Gasteiger partial charge in [-0.25, -0.2) is 9.79 Å². The van der Waals surface area contributed by atoms with Crippen LogP contribution >= 0.6 is 0 Å². The van der Waals surface area contributed by atoms with Gasteiger partial charge in [0.05, 0.1) is 6.34 Å². The molecule has 1 saturated carbocycles. The Morgan fingerprint density at radius 3 is 2.35 bits per heavy atom. The molecule has 96 valence electrons. The topological polar surface area (TPSA) is 82.0 Å². The number of carbonyl (C=O) groups excluding carboxylic acids is 1. The Hall–Kier alpha value is -1.59. The standard InChI is InChI=1S/C11H19N3O3/c1-14(2)7-12-10(15)8-3-5-9(6-4-8)13-11(16)17/h7-9,13H,3-6H2,1-2H3,(H,16,17)/t8-,9-. The summed E-state index contributed by atoms with van der Waals surface area (Å²) in [5.74, 6) is -0.162. The van der Waals surface area contributed by atoms with Crippen molar-refractivity contribution in [3.8, 4) is 0 Å². The van der Waals surface area contributed by atoms with Crippen molar-refractivity contribution in [2.24, 2.45) is 10.9 Å². The molecule has 2 amide bonds. The molecule has 0 aromatic carbocycles. The van der Waals surface area contributed by atoms with Crippen LogP contribution in [-0.2, 0) is 4.79 Å². The number of carboxylic acid groups (broad SMARTS) is 1. The van der Waals surface area contributed by atoms with Gasteiger partial charge in [0.15, 0.2) is 0 Å². The quantitative estimate of drug-likeness (QED) is 0.569. The third-order valence-electron chi connectivity index (χ3n) is 2.82. The number of carbonyl (C=O) groups is 2. The Morgan fingerprint density at radius 2 is 1.88 bits per heavy atom. The Morgan fingerprint density at radius 1 is 1.29 bits per heavy atom. The normalized spacial score (nSPS) is 24.6. The molecule has 1 fully saturated rings. The van der Waals surface area contributed by atoms with Crippen molar-refractivity contribution in [1.29, 1.82) is 0 Å². The number of nitrogens with zero attached hydrogens (tertiary/aromatic N) is 2. The molecular formula is C11H19N3O3. The third kappa shape index (κ3) is 4.84. The third-order valence-corrected chi connectivity index (χ3v) is 2.82. The fourth-order valence-electron chi connectivity index (χ4n) is 1.94. The van der Waals surface area contributed by atoms with E-state index in [1.807, 2.05) is 14.1 Å². The van der Waals surface area contributed by atoms with Crippen LogP contribution in [0.15, 0.2) is 4.99 Å². The lowest BCUT2D eigenvalue weighted by Gasteiger charge is -2.26. The van der Waals surface area contributed by atoms with Gasteiger partial charge in [-0.2, -0.15) is 0 Å². The van der Waals surface area contributed by atoms with E-state index in [1.165, 1.54) is 6.34 Å². The monoisotopic (exact) mass is 241 g/mol. The summed E-state index contributed by atoms with van der Waals surface area (Å²) in [6.07, 6.45) is 3.33. The number of rotatable bonds is 3. The number of hydrogen-bond acceptors (Lipinski definition) is 2. The van der Waals surface area contributed by atoms with E-state index in [2.05, 4.69) is 10.3 Å². The van der Waals surface area contributed by atoms with Crippen LogP contribution in [0.3, 0.4) is 0 Å². The average molecular weight is 241 g/mol. The highest BCUT2D eigenvalue weighted by Gasteiger charge is 2.26. The maximum atomic E-state index is 11.7. The number of amides is 2. The van der Waals surface area contributed by atoms with Crippen molar-refractivity contribution in [3.63, 3.8) is 0 Å². The lowest BCUT2D eigenvalue weighted by molar-refractivity contribution is -0.122. The molecule has 6 heteroatoms. The predicted molar refractivity (Wildman–Crippen MR) is 64.1 cm³/mol. The lowest BCUT2D eigenvalue weighted by atomic mass is 9.85. The molecule has 0 saturated heterocycles. The molecule has 0 atom stereocenters. The summed E-state index contributed by atoms with van der Waals surface area (Å²) in [7, 11) is 3.62. The molecule has 1 aliphatic rings. The van der Waals surface area contributed by atoms with Crippen LogP contribution in [0.1, 0.15) is 25.7 Å². The average Bonchev–Trinajstić information content (AvgIpc) is 2.26. The SMILES string of the molecule is CN(C)C=NC(=O)[C@H]1CC[C@H](NC(=O)O)CC1. The summed E-state index contributed by atoms with van der Waals surface area (Å²) >= 11 is 0. The predicted octanol–water partition coefficient (Wildman–Crippen LogP) is 0.929. The minimum absolute atomic E-state index is 0.0191. The molecule has 0 spiro atoms. The zero-order chi connectivity index (χ0) is 12.8. The maximum Gasteiger partial charge on any atom is 0.404 e. The number of aliphatic imine (C=N–C) groups is 1. The Labute approximate surface area is 101 Å². The molecule has 0 unspecified atom stereocenters. The van der Waals surface area contributed by atoms with Crippen LogP contribution < -0.4 is 5.32 Å².